The van der Waals surface area contributed by atoms with Crippen LogP contribution in [0.5, 0.6) is 5.88 Å². The number of fused-ring (bicyclic) bond motifs is 3. The Balaban J connectivity index is 1.51. The molecule has 0 bridgehead atoms. The SMILES string of the molecule is CC[C@@H]1CCc2cc3c(c(NC(=O)N=[S@](N)(=O)c4cnn5c4OCCC5)c21)CCC3. The first-order chi connectivity index (χ1) is 14.5. The lowest BCUT2D eigenvalue weighted by Gasteiger charge is -2.19. The van der Waals surface area contributed by atoms with E-state index in [4.69, 9.17) is 9.88 Å². The fourth-order valence-electron chi connectivity index (χ4n) is 5.07. The molecule has 2 atom stereocenters. The number of hydrogen-bond acceptors (Lipinski definition) is 4. The van der Waals surface area contributed by atoms with Gasteiger partial charge in [-0.3, -0.25) is 0 Å². The molecule has 0 radical (unpaired) electrons. The molecule has 160 valence electrons. The highest BCUT2D eigenvalue weighted by Crippen LogP contribution is 2.45. The van der Waals surface area contributed by atoms with Gasteiger partial charge in [0.1, 0.15) is 4.90 Å². The summed E-state index contributed by atoms with van der Waals surface area (Å²) in [7, 11) is -3.47. The van der Waals surface area contributed by atoms with Gasteiger partial charge in [0.25, 0.3) is 0 Å². The molecule has 3 aliphatic rings. The van der Waals surface area contributed by atoms with Gasteiger partial charge >= 0.3 is 6.03 Å². The molecule has 0 unspecified atom stereocenters. The number of aryl methyl sites for hydroxylation is 3. The Morgan fingerprint density at radius 1 is 1.37 bits per heavy atom. The fourth-order valence-corrected chi connectivity index (χ4v) is 6.07. The molecule has 2 amide bonds. The highest BCUT2D eigenvalue weighted by molar-refractivity contribution is 7.91. The summed E-state index contributed by atoms with van der Waals surface area (Å²) in [5, 5.41) is 13.2. The van der Waals surface area contributed by atoms with Crippen LogP contribution in [0, 0.1) is 0 Å². The van der Waals surface area contributed by atoms with Gasteiger partial charge < -0.3 is 10.1 Å². The Hall–Kier alpha value is -2.39. The van der Waals surface area contributed by atoms with Crippen LogP contribution in [0.25, 0.3) is 0 Å². The van der Waals surface area contributed by atoms with Gasteiger partial charge in [0.05, 0.1) is 12.8 Å². The number of carbonyl (C=O) groups is 1. The summed E-state index contributed by atoms with van der Waals surface area (Å²) in [6, 6.07) is 1.64. The van der Waals surface area contributed by atoms with Crippen molar-refractivity contribution < 1.29 is 13.7 Å². The highest BCUT2D eigenvalue weighted by Gasteiger charge is 2.30. The van der Waals surface area contributed by atoms with Gasteiger partial charge in [-0.1, -0.05) is 13.0 Å². The minimum absolute atomic E-state index is 0.173. The summed E-state index contributed by atoms with van der Waals surface area (Å²) < 4.78 is 24.2. The molecule has 0 fully saturated rings. The van der Waals surface area contributed by atoms with E-state index in [9.17, 15) is 9.00 Å². The quantitative estimate of drug-likeness (QED) is 0.777. The third-order valence-corrected chi connectivity index (χ3v) is 7.81. The van der Waals surface area contributed by atoms with Gasteiger partial charge in [0, 0.05) is 18.7 Å². The van der Waals surface area contributed by atoms with Gasteiger partial charge in [-0.25, -0.2) is 18.8 Å². The molecule has 3 N–H and O–H groups in total. The first-order valence-corrected chi connectivity index (χ1v) is 12.3. The van der Waals surface area contributed by atoms with Gasteiger partial charge in [-0.05, 0) is 66.7 Å². The zero-order chi connectivity index (χ0) is 20.9. The number of carbonyl (C=O) groups excluding carboxylic acids is 1. The van der Waals surface area contributed by atoms with E-state index < -0.39 is 15.9 Å². The van der Waals surface area contributed by atoms with Crippen molar-refractivity contribution in [1.82, 2.24) is 9.78 Å². The summed E-state index contributed by atoms with van der Waals surface area (Å²) in [6.45, 7) is 3.34. The van der Waals surface area contributed by atoms with Crippen molar-refractivity contribution in [2.45, 2.75) is 69.2 Å². The van der Waals surface area contributed by atoms with E-state index in [0.717, 1.165) is 50.6 Å². The summed E-state index contributed by atoms with van der Waals surface area (Å²) in [6.07, 6.45) is 8.44. The normalized spacial score (nSPS) is 21.2. The van der Waals surface area contributed by atoms with Crippen LogP contribution in [0.1, 0.15) is 60.8 Å². The van der Waals surface area contributed by atoms with Crippen molar-refractivity contribution in [3.05, 3.63) is 34.5 Å². The maximum atomic E-state index is 13.1. The number of aromatic nitrogens is 2. The molecule has 2 aliphatic carbocycles. The van der Waals surface area contributed by atoms with Crippen LogP contribution in [0.15, 0.2) is 21.5 Å². The van der Waals surface area contributed by atoms with Gasteiger partial charge in [-0.15, -0.1) is 4.36 Å². The van der Waals surface area contributed by atoms with Crippen molar-refractivity contribution in [2.75, 3.05) is 11.9 Å². The van der Waals surface area contributed by atoms with Gasteiger partial charge in [-0.2, -0.15) is 5.10 Å². The lowest BCUT2D eigenvalue weighted by molar-refractivity contribution is 0.224. The number of nitrogens with two attached hydrogens (primary N) is 1. The van der Waals surface area contributed by atoms with Crippen molar-refractivity contribution >= 4 is 21.6 Å². The lowest BCUT2D eigenvalue weighted by atomic mass is 9.92. The van der Waals surface area contributed by atoms with E-state index in [1.54, 1.807) is 4.68 Å². The predicted octanol–water partition coefficient (Wildman–Crippen LogP) is 3.53. The number of ether oxygens (including phenoxy) is 1. The first kappa shape index (κ1) is 19.6. The Morgan fingerprint density at radius 3 is 3.07 bits per heavy atom. The molecule has 9 heteroatoms. The lowest BCUT2D eigenvalue weighted by Crippen LogP contribution is -2.21. The molecule has 5 rings (SSSR count). The average Bonchev–Trinajstić information content (AvgIpc) is 3.44. The number of urea groups is 1. The van der Waals surface area contributed by atoms with Crippen LogP contribution >= 0.6 is 0 Å². The summed E-state index contributed by atoms with van der Waals surface area (Å²) in [5.74, 6) is 0.775. The third kappa shape index (κ3) is 3.20. The molecule has 1 aliphatic heterocycles. The largest absolute Gasteiger partial charge is 0.477 e. The molecule has 1 aromatic carbocycles. The van der Waals surface area contributed by atoms with Gasteiger partial charge in [0.15, 0.2) is 9.92 Å². The average molecular weight is 430 g/mol. The zero-order valence-corrected chi connectivity index (χ0v) is 18.0. The molecule has 1 aromatic heterocycles. The first-order valence-electron chi connectivity index (χ1n) is 10.7. The molecular formula is C21H27N5O3S. The van der Waals surface area contributed by atoms with E-state index in [0.29, 0.717) is 24.9 Å². The molecule has 8 nitrogen and oxygen atoms in total. The fraction of sp³-hybridized carbons (Fsp3) is 0.524. The van der Waals surface area contributed by atoms with Crippen LogP contribution in [0.3, 0.4) is 0 Å². The number of rotatable bonds is 3. The number of nitrogens with one attached hydrogen (secondary N) is 1. The van der Waals surface area contributed by atoms with Crippen LogP contribution in [0.2, 0.25) is 0 Å². The van der Waals surface area contributed by atoms with Crippen LogP contribution in [-0.4, -0.2) is 26.6 Å². The maximum Gasteiger partial charge on any atom is 0.354 e. The third-order valence-electron chi connectivity index (χ3n) is 6.47. The molecule has 2 heterocycles. The predicted molar refractivity (Wildman–Crippen MR) is 114 cm³/mol. The molecule has 0 spiro atoms. The molecular weight excluding hydrogens is 402 g/mol. The van der Waals surface area contributed by atoms with E-state index >= 15 is 0 Å². The van der Waals surface area contributed by atoms with Crippen molar-refractivity contribution in [1.29, 1.82) is 0 Å². The van der Waals surface area contributed by atoms with E-state index in [1.807, 2.05) is 0 Å². The summed E-state index contributed by atoms with van der Waals surface area (Å²) in [4.78, 5) is 13.1. The second-order valence-corrected chi connectivity index (χ2v) is 10.0. The molecule has 2 aromatic rings. The van der Waals surface area contributed by atoms with Crippen molar-refractivity contribution in [3.63, 3.8) is 0 Å². The van der Waals surface area contributed by atoms with Crippen molar-refractivity contribution in [2.24, 2.45) is 9.50 Å². The number of benzene rings is 1. The van der Waals surface area contributed by atoms with Crippen LogP contribution in [-0.2, 0) is 35.7 Å². The topological polar surface area (TPSA) is 112 Å². The van der Waals surface area contributed by atoms with E-state index in [1.165, 1.54) is 28.5 Å². The summed E-state index contributed by atoms with van der Waals surface area (Å²) in [5.41, 5.74) is 5.95. The molecule has 30 heavy (non-hydrogen) atoms. The molecule has 0 saturated carbocycles. The Bertz CT molecular complexity index is 1150. The van der Waals surface area contributed by atoms with Crippen LogP contribution < -0.4 is 15.2 Å². The number of nitrogens with zero attached hydrogens (tertiary/aromatic N) is 3. The van der Waals surface area contributed by atoms with Gasteiger partial charge in [0.2, 0.25) is 5.88 Å². The number of hydrogen-bond donors (Lipinski definition) is 2. The monoisotopic (exact) mass is 429 g/mol. The second-order valence-electron chi connectivity index (χ2n) is 8.29. The van der Waals surface area contributed by atoms with Crippen molar-refractivity contribution in [3.8, 4) is 5.88 Å². The summed E-state index contributed by atoms with van der Waals surface area (Å²) >= 11 is 0. The maximum absolute atomic E-state index is 13.1. The Labute approximate surface area is 176 Å². The minimum atomic E-state index is -3.47. The minimum Gasteiger partial charge on any atom is -0.477 e. The van der Waals surface area contributed by atoms with E-state index in [-0.39, 0.29) is 4.90 Å². The van der Waals surface area contributed by atoms with Crippen LogP contribution in [0.4, 0.5) is 10.5 Å². The second kappa shape index (κ2) is 7.39. The standard InChI is InChI=1S/C21H27N5O3S/c1-2-13-7-8-15-11-14-5-3-6-16(14)19(18(13)15)24-21(27)25-30(22,28)17-12-23-26-9-4-10-29-20(17)26/h11-13H,2-10H2,1H3,(H3,22,24,25,27,28)/t13-,30+/m1/s1. The molecule has 0 saturated heterocycles. The zero-order valence-electron chi connectivity index (χ0n) is 17.1. The smallest absolute Gasteiger partial charge is 0.354 e. The highest BCUT2D eigenvalue weighted by atomic mass is 32.2. The Morgan fingerprint density at radius 2 is 2.23 bits per heavy atom. The number of anilines is 1. The Kier molecular flexibility index (Phi) is 4.82. The van der Waals surface area contributed by atoms with E-state index in [2.05, 4.69) is 27.8 Å². The number of amides is 2.